The van der Waals surface area contributed by atoms with Crippen LogP contribution in [0.15, 0.2) is 30.3 Å². The van der Waals surface area contributed by atoms with Crippen LogP contribution in [0.5, 0.6) is 0 Å². The highest BCUT2D eigenvalue weighted by Gasteiger charge is 2.20. The van der Waals surface area contributed by atoms with E-state index >= 15 is 0 Å². The smallest absolute Gasteiger partial charge is 0.306 e. The summed E-state index contributed by atoms with van der Waals surface area (Å²) >= 11 is 2.27. The van der Waals surface area contributed by atoms with Gasteiger partial charge in [-0.25, -0.2) is 0 Å². The van der Waals surface area contributed by atoms with Crippen LogP contribution in [0.2, 0.25) is 0 Å². The molecule has 1 aromatic carbocycles. The predicted octanol–water partition coefficient (Wildman–Crippen LogP) is 3.01. The lowest BCUT2D eigenvalue weighted by atomic mass is 10.1. The van der Waals surface area contributed by atoms with Crippen molar-refractivity contribution in [2.75, 3.05) is 0 Å². The molecule has 1 fully saturated rings. The van der Waals surface area contributed by atoms with Crippen molar-refractivity contribution in [3.63, 3.8) is 0 Å². The summed E-state index contributed by atoms with van der Waals surface area (Å²) in [6.07, 6.45) is 5.27. The van der Waals surface area contributed by atoms with E-state index in [1.54, 1.807) is 0 Å². The van der Waals surface area contributed by atoms with Crippen molar-refractivity contribution >= 4 is 34.6 Å². The molecule has 2 nitrogen and oxygen atoms in total. The summed E-state index contributed by atoms with van der Waals surface area (Å²) in [5.74, 6) is -0.0905. The second kappa shape index (κ2) is 4.79. The van der Waals surface area contributed by atoms with E-state index in [1.807, 2.05) is 12.2 Å². The van der Waals surface area contributed by atoms with Gasteiger partial charge in [0.1, 0.15) is 6.10 Å². The molecule has 3 heteroatoms. The number of ether oxygens (including phenoxy) is 1. The van der Waals surface area contributed by atoms with Gasteiger partial charge in [0, 0.05) is 9.99 Å². The Morgan fingerprint density at radius 2 is 2.07 bits per heavy atom. The fourth-order valence-electron chi connectivity index (χ4n) is 1.47. The van der Waals surface area contributed by atoms with Crippen LogP contribution in [0, 0.1) is 3.57 Å². The fourth-order valence-corrected chi connectivity index (χ4v) is 1.83. The van der Waals surface area contributed by atoms with Crippen LogP contribution < -0.4 is 0 Å². The third-order valence-corrected chi connectivity index (χ3v) is 3.01. The Morgan fingerprint density at radius 1 is 1.33 bits per heavy atom. The maximum absolute atomic E-state index is 10.9. The Morgan fingerprint density at radius 3 is 2.67 bits per heavy atom. The SMILES string of the molecule is O=C1CC[C@H](/C=C\c2ccc(I)cc2)O1. The van der Waals surface area contributed by atoms with Gasteiger partial charge in [0.2, 0.25) is 0 Å². The van der Waals surface area contributed by atoms with E-state index in [0.717, 1.165) is 12.0 Å². The van der Waals surface area contributed by atoms with E-state index in [1.165, 1.54) is 3.57 Å². The summed E-state index contributed by atoms with van der Waals surface area (Å²) in [5.41, 5.74) is 1.14. The zero-order valence-electron chi connectivity index (χ0n) is 8.15. The molecule has 0 unspecified atom stereocenters. The first kappa shape index (κ1) is 10.7. The number of benzene rings is 1. The van der Waals surface area contributed by atoms with E-state index in [0.29, 0.717) is 6.42 Å². The third-order valence-electron chi connectivity index (χ3n) is 2.29. The number of esters is 1. The monoisotopic (exact) mass is 314 g/mol. The van der Waals surface area contributed by atoms with Gasteiger partial charge in [-0.3, -0.25) is 4.79 Å². The lowest BCUT2D eigenvalue weighted by Crippen LogP contribution is -2.01. The van der Waals surface area contributed by atoms with Gasteiger partial charge in [0.05, 0.1) is 0 Å². The number of cyclic esters (lactones) is 1. The van der Waals surface area contributed by atoms with Gasteiger partial charge in [-0.15, -0.1) is 0 Å². The van der Waals surface area contributed by atoms with Gasteiger partial charge in [0.25, 0.3) is 0 Å². The molecular weight excluding hydrogens is 303 g/mol. The second-order valence-corrected chi connectivity index (χ2v) is 4.72. The summed E-state index contributed by atoms with van der Waals surface area (Å²) in [5, 5.41) is 0. The molecule has 0 amide bonds. The van der Waals surface area contributed by atoms with Gasteiger partial charge in [0.15, 0.2) is 0 Å². The van der Waals surface area contributed by atoms with Crippen LogP contribution in [-0.2, 0) is 9.53 Å². The summed E-state index contributed by atoms with van der Waals surface area (Å²) in [6.45, 7) is 0. The molecule has 0 spiro atoms. The normalized spacial score (nSPS) is 20.9. The zero-order valence-corrected chi connectivity index (χ0v) is 10.3. The second-order valence-electron chi connectivity index (χ2n) is 3.48. The minimum Gasteiger partial charge on any atom is -0.458 e. The number of carbonyl (C=O) groups excluding carboxylic acids is 1. The van der Waals surface area contributed by atoms with Crippen molar-refractivity contribution in [3.05, 3.63) is 39.5 Å². The maximum atomic E-state index is 10.9. The van der Waals surface area contributed by atoms with Crippen molar-refractivity contribution in [2.24, 2.45) is 0 Å². The highest BCUT2D eigenvalue weighted by atomic mass is 127. The van der Waals surface area contributed by atoms with Crippen molar-refractivity contribution in [2.45, 2.75) is 18.9 Å². The summed E-state index contributed by atoms with van der Waals surface area (Å²) in [4.78, 5) is 10.9. The first-order chi connectivity index (χ1) is 7.24. The highest BCUT2D eigenvalue weighted by molar-refractivity contribution is 14.1. The molecule has 0 aliphatic carbocycles. The molecule has 1 saturated heterocycles. The number of halogens is 1. The van der Waals surface area contributed by atoms with Crippen molar-refractivity contribution < 1.29 is 9.53 Å². The Kier molecular flexibility index (Phi) is 3.41. The largest absolute Gasteiger partial charge is 0.458 e. The summed E-state index contributed by atoms with van der Waals surface area (Å²) < 4.78 is 6.30. The molecule has 1 heterocycles. The number of hydrogen-bond donors (Lipinski definition) is 0. The molecule has 1 aliphatic rings. The van der Waals surface area contributed by atoms with Crippen LogP contribution in [0.3, 0.4) is 0 Å². The van der Waals surface area contributed by atoms with Gasteiger partial charge in [-0.05, 0) is 52.8 Å². The molecule has 1 atom stereocenters. The molecule has 0 radical (unpaired) electrons. The van der Waals surface area contributed by atoms with Crippen LogP contribution >= 0.6 is 22.6 Å². The molecule has 1 aromatic rings. The molecule has 1 aliphatic heterocycles. The van der Waals surface area contributed by atoms with Gasteiger partial charge in [-0.2, -0.15) is 0 Å². The Labute approximate surface area is 102 Å². The van der Waals surface area contributed by atoms with E-state index in [4.69, 9.17) is 4.74 Å². The molecule has 15 heavy (non-hydrogen) atoms. The average molecular weight is 314 g/mol. The number of rotatable bonds is 2. The molecule has 0 saturated carbocycles. The Balaban J connectivity index is 1.99. The predicted molar refractivity (Wildman–Crippen MR) is 67.3 cm³/mol. The lowest BCUT2D eigenvalue weighted by molar-refractivity contribution is -0.139. The highest BCUT2D eigenvalue weighted by Crippen LogP contribution is 2.16. The Hall–Kier alpha value is -0.840. The van der Waals surface area contributed by atoms with Gasteiger partial charge < -0.3 is 4.74 Å². The van der Waals surface area contributed by atoms with Crippen molar-refractivity contribution in [1.29, 1.82) is 0 Å². The molecule has 2 rings (SSSR count). The average Bonchev–Trinajstić information content (AvgIpc) is 2.64. The van der Waals surface area contributed by atoms with Crippen molar-refractivity contribution in [1.82, 2.24) is 0 Å². The number of carbonyl (C=O) groups is 1. The lowest BCUT2D eigenvalue weighted by Gasteiger charge is -2.01. The summed E-state index contributed by atoms with van der Waals surface area (Å²) in [6, 6.07) is 8.21. The molecule has 0 bridgehead atoms. The Bertz CT molecular complexity index is 381. The van der Waals surface area contributed by atoms with Gasteiger partial charge in [-0.1, -0.05) is 18.2 Å². The van der Waals surface area contributed by atoms with E-state index in [2.05, 4.69) is 46.9 Å². The van der Waals surface area contributed by atoms with Crippen LogP contribution in [0.25, 0.3) is 6.08 Å². The van der Waals surface area contributed by atoms with E-state index in [-0.39, 0.29) is 12.1 Å². The molecule has 0 aromatic heterocycles. The van der Waals surface area contributed by atoms with Crippen LogP contribution in [0.4, 0.5) is 0 Å². The van der Waals surface area contributed by atoms with Gasteiger partial charge >= 0.3 is 5.97 Å². The minimum absolute atomic E-state index is 0.0308. The molecular formula is C12H11IO2. The third kappa shape index (κ3) is 3.06. The minimum atomic E-state index is -0.0905. The van der Waals surface area contributed by atoms with E-state index < -0.39 is 0 Å². The number of hydrogen-bond acceptors (Lipinski definition) is 2. The molecule has 78 valence electrons. The zero-order chi connectivity index (χ0) is 10.7. The van der Waals surface area contributed by atoms with Crippen LogP contribution in [0.1, 0.15) is 18.4 Å². The summed E-state index contributed by atoms with van der Waals surface area (Å²) in [7, 11) is 0. The first-order valence-corrected chi connectivity index (χ1v) is 5.95. The first-order valence-electron chi connectivity index (χ1n) is 4.87. The standard InChI is InChI=1S/C12H11IO2/c13-10-4-1-9(2-5-10)3-6-11-7-8-12(14)15-11/h1-6,11H,7-8H2/b6-3-/t11-/m0/s1. The maximum Gasteiger partial charge on any atom is 0.306 e. The molecule has 0 N–H and O–H groups in total. The topological polar surface area (TPSA) is 26.3 Å². The van der Waals surface area contributed by atoms with Crippen molar-refractivity contribution in [3.8, 4) is 0 Å². The quantitative estimate of drug-likeness (QED) is 0.620. The van der Waals surface area contributed by atoms with Crippen LogP contribution in [-0.4, -0.2) is 12.1 Å². The van der Waals surface area contributed by atoms with E-state index in [9.17, 15) is 4.79 Å². The fraction of sp³-hybridized carbons (Fsp3) is 0.250.